The van der Waals surface area contributed by atoms with E-state index >= 15 is 0 Å². The molecule has 1 aliphatic rings. The van der Waals surface area contributed by atoms with Gasteiger partial charge in [0.25, 0.3) is 0 Å². The molecule has 1 aromatic rings. The number of nitrogens with zero attached hydrogens (tertiary/aromatic N) is 2. The third-order valence-electron chi connectivity index (χ3n) is 2.45. The van der Waals surface area contributed by atoms with E-state index in [-0.39, 0.29) is 12.2 Å². The van der Waals surface area contributed by atoms with E-state index < -0.39 is 23.8 Å². The third kappa shape index (κ3) is 2.52. The van der Waals surface area contributed by atoms with Crippen LogP contribution in [0.4, 0.5) is 13.2 Å². The van der Waals surface area contributed by atoms with Crippen LogP contribution in [0.1, 0.15) is 17.0 Å². The SMILES string of the molecule is O=C(c1ccco1)N1N=C(C(F)(F)F)C[C@@H]1CI. The summed E-state index contributed by atoms with van der Waals surface area (Å²) in [5.74, 6) is -0.669. The predicted octanol–water partition coefficient (Wildman–Crippen LogP) is 2.85. The Morgan fingerprint density at radius 2 is 2.33 bits per heavy atom. The van der Waals surface area contributed by atoms with Gasteiger partial charge < -0.3 is 4.42 Å². The lowest BCUT2D eigenvalue weighted by molar-refractivity contribution is -0.0600. The van der Waals surface area contributed by atoms with E-state index in [4.69, 9.17) is 4.42 Å². The van der Waals surface area contributed by atoms with E-state index in [0.29, 0.717) is 4.43 Å². The summed E-state index contributed by atoms with van der Waals surface area (Å²) in [5.41, 5.74) is -0.927. The molecule has 4 nitrogen and oxygen atoms in total. The first-order chi connectivity index (χ1) is 8.43. The van der Waals surface area contributed by atoms with Crippen LogP contribution in [-0.4, -0.2) is 33.3 Å². The zero-order chi connectivity index (χ0) is 13.3. The molecule has 1 aromatic heterocycles. The van der Waals surface area contributed by atoms with Gasteiger partial charge in [-0.2, -0.15) is 18.3 Å². The summed E-state index contributed by atoms with van der Waals surface area (Å²) in [6.07, 6.45) is -3.49. The highest BCUT2D eigenvalue weighted by Crippen LogP contribution is 2.29. The summed E-state index contributed by atoms with van der Waals surface area (Å²) in [4.78, 5) is 11.9. The Morgan fingerprint density at radius 1 is 1.61 bits per heavy atom. The molecule has 0 fully saturated rings. The van der Waals surface area contributed by atoms with Crippen LogP contribution in [0.25, 0.3) is 0 Å². The maximum atomic E-state index is 12.6. The first-order valence-electron chi connectivity index (χ1n) is 5.01. The summed E-state index contributed by atoms with van der Waals surface area (Å²) in [6.45, 7) is 0. The number of amides is 1. The summed E-state index contributed by atoms with van der Waals surface area (Å²) >= 11 is 1.93. The molecule has 18 heavy (non-hydrogen) atoms. The second-order valence-corrected chi connectivity index (χ2v) is 4.56. The maximum absolute atomic E-state index is 12.6. The topological polar surface area (TPSA) is 45.8 Å². The number of carbonyl (C=O) groups is 1. The van der Waals surface area contributed by atoms with Crippen molar-refractivity contribution >= 4 is 34.2 Å². The van der Waals surface area contributed by atoms with Crippen LogP contribution in [0, 0.1) is 0 Å². The lowest BCUT2D eigenvalue weighted by atomic mass is 10.1. The molecular formula is C10H8F3IN2O2. The van der Waals surface area contributed by atoms with Gasteiger partial charge in [0.2, 0.25) is 0 Å². The van der Waals surface area contributed by atoms with Crippen molar-refractivity contribution in [2.75, 3.05) is 4.43 Å². The monoisotopic (exact) mass is 372 g/mol. The second-order valence-electron chi connectivity index (χ2n) is 3.68. The van der Waals surface area contributed by atoms with Gasteiger partial charge in [0.15, 0.2) is 5.76 Å². The van der Waals surface area contributed by atoms with Crippen LogP contribution in [0.2, 0.25) is 0 Å². The molecular weight excluding hydrogens is 364 g/mol. The largest absolute Gasteiger partial charge is 0.459 e. The van der Waals surface area contributed by atoms with Crippen molar-refractivity contribution < 1.29 is 22.4 Å². The zero-order valence-corrected chi connectivity index (χ0v) is 11.1. The minimum absolute atomic E-state index is 0.0166. The van der Waals surface area contributed by atoms with Gasteiger partial charge in [-0.1, -0.05) is 22.6 Å². The van der Waals surface area contributed by atoms with Crippen molar-refractivity contribution in [3.05, 3.63) is 24.2 Å². The zero-order valence-electron chi connectivity index (χ0n) is 8.95. The van der Waals surface area contributed by atoms with Gasteiger partial charge in [0.05, 0.1) is 12.3 Å². The van der Waals surface area contributed by atoms with E-state index in [1.54, 1.807) is 0 Å². The fourth-order valence-corrected chi connectivity index (χ4v) is 2.26. The normalized spacial score (nSPS) is 20.1. The number of hydrazone groups is 1. The van der Waals surface area contributed by atoms with E-state index in [9.17, 15) is 18.0 Å². The quantitative estimate of drug-likeness (QED) is 0.592. The number of hydrogen-bond acceptors (Lipinski definition) is 3. The second kappa shape index (κ2) is 4.90. The van der Waals surface area contributed by atoms with E-state index in [1.807, 2.05) is 22.6 Å². The van der Waals surface area contributed by atoms with Gasteiger partial charge in [-0.15, -0.1) is 0 Å². The molecule has 0 spiro atoms. The first-order valence-corrected chi connectivity index (χ1v) is 6.53. The molecule has 1 aliphatic heterocycles. The highest BCUT2D eigenvalue weighted by Gasteiger charge is 2.44. The van der Waals surface area contributed by atoms with Gasteiger partial charge in [0.1, 0.15) is 5.71 Å². The molecule has 8 heteroatoms. The molecule has 0 saturated carbocycles. The van der Waals surface area contributed by atoms with Crippen LogP contribution in [0.15, 0.2) is 27.9 Å². The summed E-state index contributed by atoms with van der Waals surface area (Å²) in [7, 11) is 0. The molecule has 1 amide bonds. The molecule has 0 unspecified atom stereocenters. The van der Waals surface area contributed by atoms with Crippen LogP contribution in [0.5, 0.6) is 0 Å². The van der Waals surface area contributed by atoms with Gasteiger partial charge >= 0.3 is 12.1 Å². The highest BCUT2D eigenvalue weighted by molar-refractivity contribution is 14.1. The van der Waals surface area contributed by atoms with Gasteiger partial charge in [-0.3, -0.25) is 4.79 Å². The van der Waals surface area contributed by atoms with Crippen LogP contribution in [0.3, 0.4) is 0 Å². The van der Waals surface area contributed by atoms with Crippen molar-refractivity contribution in [2.24, 2.45) is 5.10 Å². The van der Waals surface area contributed by atoms with Crippen molar-refractivity contribution in [2.45, 2.75) is 18.6 Å². The maximum Gasteiger partial charge on any atom is 0.431 e. The average Bonchev–Trinajstić information content (AvgIpc) is 2.96. The standard InChI is InChI=1S/C10H8F3IN2O2/c11-10(12,13)8-4-6(5-14)16(15-8)9(17)7-2-1-3-18-7/h1-3,6H,4-5H2/t6-/m1/s1. The number of rotatable bonds is 2. The van der Waals surface area contributed by atoms with Crippen LogP contribution < -0.4 is 0 Å². The number of furan rings is 1. The summed E-state index contributed by atoms with van der Waals surface area (Å²) < 4.78 is 42.9. The molecule has 0 bridgehead atoms. The minimum atomic E-state index is -4.50. The molecule has 0 saturated heterocycles. The van der Waals surface area contributed by atoms with Crippen LogP contribution >= 0.6 is 22.6 Å². The Kier molecular flexibility index (Phi) is 3.64. The van der Waals surface area contributed by atoms with Gasteiger partial charge in [-0.25, -0.2) is 5.01 Å². The Morgan fingerprint density at radius 3 is 2.83 bits per heavy atom. The van der Waals surface area contributed by atoms with Gasteiger partial charge in [0, 0.05) is 10.8 Å². The number of hydrogen-bond donors (Lipinski definition) is 0. The Labute approximate surface area is 114 Å². The number of alkyl halides is 4. The molecule has 0 aromatic carbocycles. The van der Waals surface area contributed by atoms with Gasteiger partial charge in [-0.05, 0) is 12.1 Å². The van der Waals surface area contributed by atoms with Crippen LogP contribution in [-0.2, 0) is 0 Å². The molecule has 98 valence electrons. The average molecular weight is 372 g/mol. The lowest BCUT2D eigenvalue weighted by Gasteiger charge is -2.18. The molecule has 0 N–H and O–H groups in total. The molecule has 2 heterocycles. The fraction of sp³-hybridized carbons (Fsp3) is 0.400. The summed E-state index contributed by atoms with van der Waals surface area (Å²) in [5, 5.41) is 4.23. The minimum Gasteiger partial charge on any atom is -0.459 e. The van der Waals surface area contributed by atoms with Crippen molar-refractivity contribution in [3.8, 4) is 0 Å². The third-order valence-corrected chi connectivity index (χ3v) is 3.47. The molecule has 0 radical (unpaired) electrons. The highest BCUT2D eigenvalue weighted by atomic mass is 127. The fourth-order valence-electron chi connectivity index (χ4n) is 1.58. The molecule has 2 rings (SSSR count). The van der Waals surface area contributed by atoms with E-state index in [2.05, 4.69) is 5.10 Å². The molecule has 1 atom stereocenters. The lowest BCUT2D eigenvalue weighted by Crippen LogP contribution is -2.33. The predicted molar refractivity (Wildman–Crippen MR) is 65.7 cm³/mol. The first kappa shape index (κ1) is 13.4. The Hall–Kier alpha value is -1.06. The number of halogens is 4. The Balaban J connectivity index is 2.25. The van der Waals surface area contributed by atoms with Crippen molar-refractivity contribution in [3.63, 3.8) is 0 Å². The smallest absolute Gasteiger partial charge is 0.431 e. The van der Waals surface area contributed by atoms with Crippen molar-refractivity contribution in [1.29, 1.82) is 0 Å². The van der Waals surface area contributed by atoms with Crippen molar-refractivity contribution in [1.82, 2.24) is 5.01 Å². The Bertz CT molecular complexity index is 470. The van der Waals surface area contributed by atoms with E-state index in [0.717, 1.165) is 5.01 Å². The number of carbonyl (C=O) groups excluding carboxylic acids is 1. The molecule has 0 aliphatic carbocycles. The summed E-state index contributed by atoms with van der Waals surface area (Å²) in [6, 6.07) is 2.31. The van der Waals surface area contributed by atoms with E-state index in [1.165, 1.54) is 18.4 Å².